The number of carbonyl (C=O) groups excluding carboxylic acids is 2. The number of aromatic hydroxyl groups is 1. The van der Waals surface area contributed by atoms with Gasteiger partial charge in [-0.25, -0.2) is 0 Å². The number of carbonyl (C=O) groups is 2. The van der Waals surface area contributed by atoms with Gasteiger partial charge in [-0.2, -0.15) is 23.4 Å². The number of rotatable bonds is 7. The fourth-order valence-corrected chi connectivity index (χ4v) is 4.16. The highest BCUT2D eigenvalue weighted by Crippen LogP contribution is 2.35. The van der Waals surface area contributed by atoms with E-state index in [9.17, 15) is 27.9 Å². The zero-order chi connectivity index (χ0) is 26.6. The van der Waals surface area contributed by atoms with E-state index < -0.39 is 22.9 Å². The topological polar surface area (TPSA) is 91.6 Å². The van der Waals surface area contributed by atoms with Gasteiger partial charge in [0, 0.05) is 5.56 Å². The van der Waals surface area contributed by atoms with Gasteiger partial charge in [-0.05, 0) is 73.3 Å². The maximum absolute atomic E-state index is 12.9. The molecule has 190 valence electrons. The fourth-order valence-electron chi connectivity index (χ4n) is 3.30. The largest absolute Gasteiger partial charge is 0.507 e. The van der Waals surface area contributed by atoms with Crippen LogP contribution in [0.4, 0.5) is 29.3 Å². The summed E-state index contributed by atoms with van der Waals surface area (Å²) in [6.45, 7) is 2.11. The minimum Gasteiger partial charge on any atom is -0.507 e. The van der Waals surface area contributed by atoms with Crippen molar-refractivity contribution in [1.82, 2.24) is 4.90 Å². The molecule has 0 spiro atoms. The van der Waals surface area contributed by atoms with Crippen LogP contribution in [0.3, 0.4) is 0 Å². The Labute approximate surface area is 214 Å². The van der Waals surface area contributed by atoms with Crippen LogP contribution in [-0.2, 0) is 11.0 Å². The van der Waals surface area contributed by atoms with Crippen molar-refractivity contribution in [2.75, 3.05) is 13.2 Å². The molecule has 1 saturated heterocycles. The molecule has 1 N–H and O–H groups in total. The molecule has 0 aliphatic carbocycles. The number of imide groups is 1. The summed E-state index contributed by atoms with van der Waals surface area (Å²) in [4.78, 5) is 26.3. The molecule has 0 bridgehead atoms. The number of ether oxygens (including phenoxy) is 1. The number of nitrogens with zero attached hydrogens (tertiary/aromatic N) is 3. The van der Waals surface area contributed by atoms with Crippen LogP contribution in [0.5, 0.6) is 11.5 Å². The number of thioether (sulfide) groups is 1. The van der Waals surface area contributed by atoms with E-state index in [2.05, 4.69) is 10.2 Å². The fraction of sp³-hybridized carbons (Fsp3) is 0.154. The first-order valence-electron chi connectivity index (χ1n) is 11.0. The zero-order valence-corrected chi connectivity index (χ0v) is 20.2. The number of azo groups is 1. The van der Waals surface area contributed by atoms with Crippen LogP contribution in [0.25, 0.3) is 6.08 Å². The first-order chi connectivity index (χ1) is 17.6. The van der Waals surface area contributed by atoms with Crippen molar-refractivity contribution in [3.63, 3.8) is 0 Å². The molecule has 0 saturated carbocycles. The van der Waals surface area contributed by atoms with Crippen molar-refractivity contribution in [1.29, 1.82) is 0 Å². The van der Waals surface area contributed by atoms with E-state index in [1.54, 1.807) is 12.1 Å². The third kappa shape index (κ3) is 6.56. The van der Waals surface area contributed by atoms with Crippen LogP contribution in [0.1, 0.15) is 16.7 Å². The minimum atomic E-state index is -4.51. The summed E-state index contributed by atoms with van der Waals surface area (Å²) >= 11 is 0.725. The van der Waals surface area contributed by atoms with Gasteiger partial charge in [0.15, 0.2) is 0 Å². The van der Waals surface area contributed by atoms with Gasteiger partial charge in [-0.3, -0.25) is 14.5 Å². The average Bonchev–Trinajstić information content (AvgIpc) is 3.12. The lowest BCUT2D eigenvalue weighted by atomic mass is 10.1. The Balaban J connectivity index is 1.45. The lowest BCUT2D eigenvalue weighted by Crippen LogP contribution is -2.32. The van der Waals surface area contributed by atoms with Crippen LogP contribution in [0, 0.1) is 6.92 Å². The molecule has 1 aliphatic rings. The van der Waals surface area contributed by atoms with Gasteiger partial charge in [0.25, 0.3) is 11.1 Å². The van der Waals surface area contributed by atoms with Gasteiger partial charge in [-0.15, -0.1) is 0 Å². The molecule has 7 nitrogen and oxygen atoms in total. The third-order valence-electron chi connectivity index (χ3n) is 5.23. The Morgan fingerprint density at radius 1 is 1.00 bits per heavy atom. The highest BCUT2D eigenvalue weighted by molar-refractivity contribution is 8.18. The van der Waals surface area contributed by atoms with Gasteiger partial charge < -0.3 is 9.84 Å². The van der Waals surface area contributed by atoms with Crippen molar-refractivity contribution < 1.29 is 32.6 Å². The van der Waals surface area contributed by atoms with Crippen LogP contribution >= 0.6 is 11.8 Å². The molecule has 11 heteroatoms. The Kier molecular flexibility index (Phi) is 7.63. The molecule has 1 aliphatic heterocycles. The molecule has 1 heterocycles. The van der Waals surface area contributed by atoms with Crippen molar-refractivity contribution in [2.45, 2.75) is 13.1 Å². The Morgan fingerprint density at radius 3 is 2.41 bits per heavy atom. The molecular weight excluding hydrogens is 507 g/mol. The Hall–Kier alpha value is -4.12. The molecular formula is C26H20F3N3O4S. The summed E-state index contributed by atoms with van der Waals surface area (Å²) in [5, 5.41) is 17.5. The van der Waals surface area contributed by atoms with Crippen LogP contribution in [0.15, 0.2) is 81.9 Å². The number of benzene rings is 3. The van der Waals surface area contributed by atoms with Gasteiger partial charge in [0.2, 0.25) is 0 Å². The highest BCUT2D eigenvalue weighted by atomic mass is 32.2. The monoisotopic (exact) mass is 527 g/mol. The number of amides is 2. The molecule has 0 atom stereocenters. The smallest absolute Gasteiger partial charge is 0.416 e. The lowest BCUT2D eigenvalue weighted by molar-refractivity contribution is -0.137. The SMILES string of the molecule is Cc1ccc(OCCN2C(=O)S/C(=C\c3cc(N=Nc4cccc(C(F)(F)F)c4)ccc3O)C2=O)cc1. The molecule has 0 unspecified atom stereocenters. The second-order valence-electron chi connectivity index (χ2n) is 7.99. The quantitative estimate of drug-likeness (QED) is 0.258. The predicted molar refractivity (Wildman–Crippen MR) is 133 cm³/mol. The van der Waals surface area contributed by atoms with Crippen molar-refractivity contribution in [3.8, 4) is 11.5 Å². The van der Waals surface area contributed by atoms with E-state index in [1.807, 2.05) is 19.1 Å². The molecule has 0 radical (unpaired) electrons. The summed E-state index contributed by atoms with van der Waals surface area (Å²) in [6, 6.07) is 15.9. The van der Waals surface area contributed by atoms with E-state index >= 15 is 0 Å². The molecule has 1 fully saturated rings. The summed E-state index contributed by atoms with van der Waals surface area (Å²) in [7, 11) is 0. The second kappa shape index (κ2) is 10.9. The van der Waals surface area contributed by atoms with E-state index in [0.29, 0.717) is 5.75 Å². The maximum atomic E-state index is 12.9. The van der Waals surface area contributed by atoms with Crippen LogP contribution in [0.2, 0.25) is 0 Å². The van der Waals surface area contributed by atoms with Crippen molar-refractivity contribution in [2.24, 2.45) is 10.2 Å². The molecule has 0 aromatic heterocycles. The predicted octanol–water partition coefficient (Wildman–Crippen LogP) is 7.25. The zero-order valence-electron chi connectivity index (χ0n) is 19.4. The minimum absolute atomic E-state index is 0.00146. The molecule has 3 aromatic rings. The number of alkyl halides is 3. The number of hydrogen-bond donors (Lipinski definition) is 1. The number of phenols is 1. The second-order valence-corrected chi connectivity index (χ2v) is 8.98. The van der Waals surface area contributed by atoms with Crippen molar-refractivity contribution >= 4 is 40.4 Å². The van der Waals surface area contributed by atoms with Gasteiger partial charge in [-0.1, -0.05) is 23.8 Å². The maximum Gasteiger partial charge on any atom is 0.416 e. The van der Waals surface area contributed by atoms with E-state index in [-0.39, 0.29) is 40.7 Å². The number of phenolic OH excluding ortho intramolecular Hbond substituents is 1. The summed E-state index contributed by atoms with van der Waals surface area (Å²) < 4.78 is 44.3. The molecule has 37 heavy (non-hydrogen) atoms. The molecule has 3 aromatic carbocycles. The number of hydrogen-bond acceptors (Lipinski definition) is 7. The first-order valence-corrected chi connectivity index (χ1v) is 11.8. The number of halogens is 3. The van der Waals surface area contributed by atoms with Gasteiger partial charge >= 0.3 is 6.18 Å². The van der Waals surface area contributed by atoms with Crippen molar-refractivity contribution in [3.05, 3.63) is 88.3 Å². The Morgan fingerprint density at radius 2 is 1.70 bits per heavy atom. The van der Waals surface area contributed by atoms with Gasteiger partial charge in [0.05, 0.1) is 28.4 Å². The normalized spacial score (nSPS) is 15.2. The van der Waals surface area contributed by atoms with Crippen LogP contribution < -0.4 is 4.74 Å². The Bertz CT molecular complexity index is 1390. The average molecular weight is 528 g/mol. The highest BCUT2D eigenvalue weighted by Gasteiger charge is 2.35. The summed E-state index contributed by atoms with van der Waals surface area (Å²) in [6.07, 6.45) is -3.16. The molecule has 2 amide bonds. The van der Waals surface area contributed by atoms with E-state index in [0.717, 1.165) is 34.4 Å². The summed E-state index contributed by atoms with van der Waals surface area (Å²) in [5.74, 6) is -0.0837. The van der Waals surface area contributed by atoms with Crippen LogP contribution in [-0.4, -0.2) is 34.3 Å². The number of aryl methyl sites for hydroxylation is 1. The summed E-state index contributed by atoms with van der Waals surface area (Å²) in [5.41, 5.74) is 0.649. The van der Waals surface area contributed by atoms with Gasteiger partial charge in [0.1, 0.15) is 18.1 Å². The van der Waals surface area contributed by atoms with E-state index in [4.69, 9.17) is 4.74 Å². The first kappa shape index (κ1) is 26.0. The third-order valence-corrected chi connectivity index (χ3v) is 6.14. The lowest BCUT2D eigenvalue weighted by Gasteiger charge is -2.13. The van der Waals surface area contributed by atoms with E-state index in [1.165, 1.54) is 36.4 Å². The standard InChI is InChI=1S/C26H20F3N3O4S/c1-16-5-8-21(9-6-16)36-12-11-32-24(34)23(37-25(32)35)14-17-13-20(7-10-22(17)33)31-30-19-4-2-3-18(15-19)26(27,28)29/h2-10,13-15,33H,11-12H2,1H3/b23-14-,31-30?. The molecule has 4 rings (SSSR count).